The first-order valence-corrected chi connectivity index (χ1v) is 6.02. The number of nitrogens with one attached hydrogen (secondary N) is 1. The Bertz CT molecular complexity index is 250. The van der Waals surface area contributed by atoms with Gasteiger partial charge in [0, 0.05) is 26.1 Å². The second kappa shape index (κ2) is 6.19. The summed E-state index contributed by atoms with van der Waals surface area (Å²) in [6.45, 7) is 5.73. The molecule has 1 aliphatic heterocycles. The Kier molecular flexibility index (Phi) is 5.20. The molecule has 2 N–H and O–H groups in total. The standard InChI is InChI=1S/C12H22N2O2/c1-10(2)11-8-12(9-13,4-7-16-11)14-5-3-6-15/h10-11,14-15H,3-8H2,1-2H3. The Morgan fingerprint density at radius 1 is 1.62 bits per heavy atom. The molecule has 2 atom stereocenters. The summed E-state index contributed by atoms with van der Waals surface area (Å²) in [6, 6.07) is 2.39. The minimum atomic E-state index is -0.456. The van der Waals surface area contributed by atoms with Crippen LogP contribution in [0, 0.1) is 17.2 Å². The molecule has 0 aromatic rings. The van der Waals surface area contributed by atoms with Gasteiger partial charge in [-0.25, -0.2) is 0 Å². The summed E-state index contributed by atoms with van der Waals surface area (Å²) in [6.07, 6.45) is 2.33. The van der Waals surface area contributed by atoms with Gasteiger partial charge in [-0.2, -0.15) is 5.26 Å². The molecule has 0 bridgehead atoms. The lowest BCUT2D eigenvalue weighted by Gasteiger charge is -2.38. The van der Waals surface area contributed by atoms with Crippen molar-refractivity contribution in [1.29, 1.82) is 5.26 Å². The van der Waals surface area contributed by atoms with E-state index in [9.17, 15) is 5.26 Å². The lowest BCUT2D eigenvalue weighted by molar-refractivity contribution is -0.0385. The predicted octanol–water partition coefficient (Wildman–Crippen LogP) is 1.06. The van der Waals surface area contributed by atoms with E-state index in [1.807, 2.05) is 0 Å². The van der Waals surface area contributed by atoms with Crippen molar-refractivity contribution in [2.24, 2.45) is 5.92 Å². The molecule has 92 valence electrons. The molecule has 0 aliphatic carbocycles. The number of ether oxygens (including phenoxy) is 1. The number of rotatable bonds is 5. The molecule has 0 amide bonds. The van der Waals surface area contributed by atoms with Gasteiger partial charge in [0.15, 0.2) is 0 Å². The summed E-state index contributed by atoms with van der Waals surface area (Å²) in [5, 5.41) is 21.3. The van der Waals surface area contributed by atoms with E-state index in [0.717, 1.165) is 12.8 Å². The molecular weight excluding hydrogens is 204 g/mol. The van der Waals surface area contributed by atoms with Crippen molar-refractivity contribution in [3.63, 3.8) is 0 Å². The van der Waals surface area contributed by atoms with Crippen molar-refractivity contribution in [2.75, 3.05) is 19.8 Å². The minimum absolute atomic E-state index is 0.162. The van der Waals surface area contributed by atoms with Crippen LogP contribution in [0.25, 0.3) is 0 Å². The molecule has 1 saturated heterocycles. The second-order valence-corrected chi connectivity index (χ2v) is 4.81. The van der Waals surface area contributed by atoms with E-state index in [-0.39, 0.29) is 12.7 Å². The van der Waals surface area contributed by atoms with Gasteiger partial charge in [-0.3, -0.25) is 5.32 Å². The van der Waals surface area contributed by atoms with Crippen LogP contribution in [0.5, 0.6) is 0 Å². The van der Waals surface area contributed by atoms with Crippen molar-refractivity contribution in [2.45, 2.75) is 44.8 Å². The third-order valence-electron chi connectivity index (χ3n) is 3.17. The molecule has 4 nitrogen and oxygen atoms in total. The molecule has 1 aliphatic rings. The molecule has 0 aromatic carbocycles. The normalized spacial score (nSPS) is 30.3. The maximum atomic E-state index is 9.31. The van der Waals surface area contributed by atoms with Crippen LogP contribution in [0.2, 0.25) is 0 Å². The van der Waals surface area contributed by atoms with Crippen molar-refractivity contribution >= 4 is 0 Å². The van der Waals surface area contributed by atoms with Crippen molar-refractivity contribution < 1.29 is 9.84 Å². The SMILES string of the molecule is CC(C)C1CC(C#N)(NCCCO)CCO1. The quantitative estimate of drug-likeness (QED) is 0.688. The molecule has 16 heavy (non-hydrogen) atoms. The van der Waals surface area contributed by atoms with Gasteiger partial charge >= 0.3 is 0 Å². The molecule has 2 unspecified atom stereocenters. The first-order valence-electron chi connectivity index (χ1n) is 6.02. The summed E-state index contributed by atoms with van der Waals surface area (Å²) in [7, 11) is 0. The van der Waals surface area contributed by atoms with Crippen LogP contribution in [-0.4, -0.2) is 36.5 Å². The van der Waals surface area contributed by atoms with Crippen molar-refractivity contribution in [1.82, 2.24) is 5.32 Å². The number of aliphatic hydroxyl groups excluding tert-OH is 1. The topological polar surface area (TPSA) is 65.3 Å². The number of aliphatic hydroxyl groups is 1. The first kappa shape index (κ1) is 13.4. The van der Waals surface area contributed by atoms with E-state index in [4.69, 9.17) is 9.84 Å². The van der Waals surface area contributed by atoms with Crippen molar-refractivity contribution in [3.05, 3.63) is 0 Å². The van der Waals surface area contributed by atoms with Gasteiger partial charge in [0.2, 0.25) is 0 Å². The van der Waals surface area contributed by atoms with Crippen LogP contribution >= 0.6 is 0 Å². The average Bonchev–Trinajstić information content (AvgIpc) is 2.30. The lowest BCUT2D eigenvalue weighted by atomic mass is 9.84. The van der Waals surface area contributed by atoms with Gasteiger partial charge in [-0.1, -0.05) is 13.8 Å². The highest BCUT2D eigenvalue weighted by atomic mass is 16.5. The zero-order chi connectivity index (χ0) is 12.0. The first-order chi connectivity index (χ1) is 7.63. The summed E-state index contributed by atoms with van der Waals surface area (Å²) < 4.78 is 5.66. The molecule has 0 aromatic heterocycles. The Hall–Kier alpha value is -0.630. The average molecular weight is 226 g/mol. The maximum Gasteiger partial charge on any atom is 0.111 e. The summed E-state index contributed by atoms with van der Waals surface area (Å²) in [5.41, 5.74) is -0.456. The molecular formula is C12H22N2O2. The fourth-order valence-corrected chi connectivity index (χ4v) is 2.03. The van der Waals surface area contributed by atoms with E-state index in [1.165, 1.54) is 0 Å². The Labute approximate surface area is 97.6 Å². The third kappa shape index (κ3) is 3.44. The summed E-state index contributed by atoms with van der Waals surface area (Å²) >= 11 is 0. The van der Waals surface area contributed by atoms with Crippen LogP contribution in [0.1, 0.15) is 33.1 Å². The van der Waals surface area contributed by atoms with Crippen molar-refractivity contribution in [3.8, 4) is 6.07 Å². The highest BCUT2D eigenvalue weighted by Crippen LogP contribution is 2.28. The predicted molar refractivity (Wildman–Crippen MR) is 61.9 cm³/mol. The van der Waals surface area contributed by atoms with E-state index < -0.39 is 5.54 Å². The zero-order valence-electron chi connectivity index (χ0n) is 10.2. The fraction of sp³-hybridized carbons (Fsp3) is 0.917. The molecule has 4 heteroatoms. The van der Waals surface area contributed by atoms with E-state index in [1.54, 1.807) is 0 Å². The van der Waals surface area contributed by atoms with Gasteiger partial charge in [0.05, 0.1) is 12.2 Å². The van der Waals surface area contributed by atoms with Crippen LogP contribution in [0.4, 0.5) is 0 Å². The zero-order valence-corrected chi connectivity index (χ0v) is 10.2. The van der Waals surface area contributed by atoms with Gasteiger partial charge in [0.1, 0.15) is 5.54 Å². The Balaban J connectivity index is 2.54. The van der Waals surface area contributed by atoms with Crippen LogP contribution < -0.4 is 5.32 Å². The number of nitrogens with zero attached hydrogens (tertiary/aromatic N) is 1. The molecule has 0 saturated carbocycles. The molecule has 1 fully saturated rings. The summed E-state index contributed by atoms with van der Waals surface area (Å²) in [5.74, 6) is 0.438. The molecule has 1 rings (SSSR count). The van der Waals surface area contributed by atoms with Crippen LogP contribution in [-0.2, 0) is 4.74 Å². The molecule has 0 radical (unpaired) electrons. The minimum Gasteiger partial charge on any atom is -0.396 e. The highest BCUT2D eigenvalue weighted by Gasteiger charge is 2.37. The second-order valence-electron chi connectivity index (χ2n) is 4.81. The van der Waals surface area contributed by atoms with Crippen LogP contribution in [0.15, 0.2) is 0 Å². The largest absolute Gasteiger partial charge is 0.396 e. The van der Waals surface area contributed by atoms with Gasteiger partial charge < -0.3 is 9.84 Å². The highest BCUT2D eigenvalue weighted by molar-refractivity contribution is 5.10. The smallest absolute Gasteiger partial charge is 0.111 e. The number of hydrogen-bond donors (Lipinski definition) is 2. The number of hydrogen-bond acceptors (Lipinski definition) is 4. The van der Waals surface area contributed by atoms with Crippen LogP contribution in [0.3, 0.4) is 0 Å². The molecule has 1 heterocycles. The van der Waals surface area contributed by atoms with E-state index in [0.29, 0.717) is 25.5 Å². The van der Waals surface area contributed by atoms with Gasteiger partial charge in [0.25, 0.3) is 0 Å². The van der Waals surface area contributed by atoms with Gasteiger partial charge in [-0.05, 0) is 18.9 Å². The maximum absolute atomic E-state index is 9.31. The van der Waals surface area contributed by atoms with E-state index >= 15 is 0 Å². The molecule has 0 spiro atoms. The summed E-state index contributed by atoms with van der Waals surface area (Å²) in [4.78, 5) is 0. The lowest BCUT2D eigenvalue weighted by Crippen LogP contribution is -2.52. The number of nitriles is 1. The van der Waals surface area contributed by atoms with Gasteiger partial charge in [-0.15, -0.1) is 0 Å². The Morgan fingerprint density at radius 2 is 2.38 bits per heavy atom. The fourth-order valence-electron chi connectivity index (χ4n) is 2.03. The Morgan fingerprint density at radius 3 is 2.94 bits per heavy atom. The monoisotopic (exact) mass is 226 g/mol. The van der Waals surface area contributed by atoms with E-state index in [2.05, 4.69) is 25.2 Å². The third-order valence-corrected chi connectivity index (χ3v) is 3.17.